The molecule has 33 heavy (non-hydrogen) atoms. The summed E-state index contributed by atoms with van der Waals surface area (Å²) in [6, 6.07) is 12.7. The molecule has 1 aromatic heterocycles. The van der Waals surface area contributed by atoms with Crippen LogP contribution in [-0.4, -0.2) is 34.5 Å². The van der Waals surface area contributed by atoms with Crippen molar-refractivity contribution in [1.29, 1.82) is 0 Å². The number of aromatic nitrogens is 1. The number of nitrogens with one attached hydrogen (secondary N) is 1. The molecule has 0 atom stereocenters. The van der Waals surface area contributed by atoms with Gasteiger partial charge in [-0.2, -0.15) is 0 Å². The summed E-state index contributed by atoms with van der Waals surface area (Å²) in [6.07, 6.45) is 17.7. The number of nitrogens with zero attached hydrogens (tertiary/aromatic N) is 2. The van der Waals surface area contributed by atoms with Gasteiger partial charge in [0.25, 0.3) is 0 Å². The van der Waals surface area contributed by atoms with Gasteiger partial charge in [0, 0.05) is 23.7 Å². The van der Waals surface area contributed by atoms with Crippen molar-refractivity contribution in [2.75, 3.05) is 17.8 Å². The molecule has 0 saturated heterocycles. The van der Waals surface area contributed by atoms with Crippen LogP contribution >= 0.6 is 23.5 Å². The van der Waals surface area contributed by atoms with Crippen molar-refractivity contribution in [1.82, 2.24) is 9.88 Å². The monoisotopic (exact) mass is 483 g/mol. The number of anilines is 1. The molecule has 6 heteroatoms. The summed E-state index contributed by atoms with van der Waals surface area (Å²) in [5.41, 5.74) is 2.03. The van der Waals surface area contributed by atoms with Crippen LogP contribution in [0.25, 0.3) is 0 Å². The van der Waals surface area contributed by atoms with Crippen LogP contribution in [0.5, 0.6) is 0 Å². The van der Waals surface area contributed by atoms with E-state index in [9.17, 15) is 4.79 Å². The molecule has 1 aromatic carbocycles. The van der Waals surface area contributed by atoms with E-state index in [4.69, 9.17) is 0 Å². The van der Waals surface area contributed by atoms with E-state index in [0.29, 0.717) is 6.54 Å². The van der Waals surface area contributed by atoms with E-state index >= 15 is 0 Å². The second-order valence-electron chi connectivity index (χ2n) is 9.41. The van der Waals surface area contributed by atoms with Crippen molar-refractivity contribution >= 4 is 35.2 Å². The highest BCUT2D eigenvalue weighted by molar-refractivity contribution is 7.99. The van der Waals surface area contributed by atoms with E-state index < -0.39 is 0 Å². The lowest BCUT2D eigenvalue weighted by molar-refractivity contribution is 0.120. The van der Waals surface area contributed by atoms with Gasteiger partial charge in [0.2, 0.25) is 0 Å². The van der Waals surface area contributed by atoms with Gasteiger partial charge < -0.3 is 10.2 Å². The molecule has 0 unspecified atom stereocenters. The summed E-state index contributed by atoms with van der Waals surface area (Å²) in [5, 5.41) is 4.13. The molecule has 0 aliphatic heterocycles. The Kier molecular flexibility index (Phi) is 9.02. The van der Waals surface area contributed by atoms with Crippen molar-refractivity contribution in [2.45, 2.75) is 80.3 Å². The molecule has 178 valence electrons. The molecule has 0 radical (unpaired) electrons. The number of rotatable bonds is 7. The Labute approximate surface area is 207 Å². The van der Waals surface area contributed by atoms with Gasteiger partial charge in [-0.05, 0) is 61.7 Å². The number of benzene rings is 1. The Balaban J connectivity index is 1.50. The smallest absolute Gasteiger partial charge is 0.317 e. The molecule has 0 bridgehead atoms. The van der Waals surface area contributed by atoms with Crippen molar-refractivity contribution < 1.29 is 4.79 Å². The Bertz CT molecular complexity index is 871. The number of hydrogen-bond donors (Lipinski definition) is 1. The topological polar surface area (TPSA) is 45.2 Å². The van der Waals surface area contributed by atoms with Gasteiger partial charge >= 0.3 is 6.03 Å². The van der Waals surface area contributed by atoms with Crippen LogP contribution in [0.2, 0.25) is 0 Å². The first-order chi connectivity index (χ1) is 16.2. The second kappa shape index (κ2) is 12.2. The lowest BCUT2D eigenvalue weighted by Crippen LogP contribution is -2.44. The van der Waals surface area contributed by atoms with Crippen LogP contribution in [0.15, 0.2) is 52.5 Å². The summed E-state index contributed by atoms with van der Waals surface area (Å²) in [5.74, 6) is 1.77. The van der Waals surface area contributed by atoms with E-state index in [1.54, 1.807) is 23.5 Å². The second-order valence-corrected chi connectivity index (χ2v) is 11.1. The zero-order valence-electron chi connectivity index (χ0n) is 20.0. The largest absolute Gasteiger partial charge is 0.322 e. The number of carbonyl (C=O) groups excluding carboxylic acids is 1. The zero-order valence-corrected chi connectivity index (χ0v) is 21.6. The summed E-state index contributed by atoms with van der Waals surface area (Å²) >= 11 is 3.22. The maximum atomic E-state index is 13.7. The van der Waals surface area contributed by atoms with Crippen LogP contribution < -0.4 is 5.32 Å². The van der Waals surface area contributed by atoms with Gasteiger partial charge in [0.1, 0.15) is 5.03 Å². The van der Waals surface area contributed by atoms with Gasteiger partial charge in [-0.3, -0.25) is 0 Å². The Hall–Kier alpha value is -1.66. The predicted octanol–water partition coefficient (Wildman–Crippen LogP) is 7.70. The average molecular weight is 484 g/mol. The third-order valence-electron chi connectivity index (χ3n) is 7.48. The summed E-state index contributed by atoms with van der Waals surface area (Å²) in [7, 11) is 0. The summed E-state index contributed by atoms with van der Waals surface area (Å²) in [4.78, 5) is 21.3. The fourth-order valence-electron chi connectivity index (χ4n) is 5.68. The maximum Gasteiger partial charge on any atom is 0.322 e. The first kappa shape index (κ1) is 24.5. The van der Waals surface area contributed by atoms with Crippen LogP contribution in [0.4, 0.5) is 10.5 Å². The molecule has 2 aliphatic rings. The summed E-state index contributed by atoms with van der Waals surface area (Å²) in [6.45, 7) is 0.648. The van der Waals surface area contributed by atoms with Crippen LogP contribution in [0, 0.1) is 11.8 Å². The van der Waals surface area contributed by atoms with Gasteiger partial charge in [-0.15, -0.1) is 23.5 Å². The highest BCUT2D eigenvalue weighted by Crippen LogP contribution is 2.40. The molecule has 4 rings (SSSR count). The lowest BCUT2D eigenvalue weighted by atomic mass is 9.72. The van der Waals surface area contributed by atoms with E-state index in [0.717, 1.165) is 40.3 Å². The lowest BCUT2D eigenvalue weighted by Gasteiger charge is -2.40. The number of thioether (sulfide) groups is 2. The minimum Gasteiger partial charge on any atom is -0.317 e. The average Bonchev–Trinajstić information content (AvgIpc) is 2.88. The van der Waals surface area contributed by atoms with Gasteiger partial charge in [0.15, 0.2) is 0 Å². The molecule has 2 saturated carbocycles. The Morgan fingerprint density at radius 3 is 2.30 bits per heavy atom. The molecule has 2 fully saturated rings. The molecule has 2 aliphatic carbocycles. The van der Waals surface area contributed by atoms with Crippen molar-refractivity contribution in [3.63, 3.8) is 0 Å². The van der Waals surface area contributed by atoms with E-state index in [1.165, 1.54) is 50.5 Å². The molecule has 2 aromatic rings. The zero-order chi connectivity index (χ0) is 23.0. The summed E-state index contributed by atoms with van der Waals surface area (Å²) < 4.78 is 0. The first-order valence-electron chi connectivity index (χ1n) is 12.4. The fraction of sp³-hybridized carbons (Fsp3) is 0.556. The minimum atomic E-state index is -0.00132. The van der Waals surface area contributed by atoms with Crippen LogP contribution in [0.1, 0.15) is 63.4 Å². The van der Waals surface area contributed by atoms with Crippen molar-refractivity contribution in [3.8, 4) is 0 Å². The predicted molar refractivity (Wildman–Crippen MR) is 141 cm³/mol. The molecule has 1 heterocycles. The number of amides is 2. The molecule has 1 N–H and O–H groups in total. The Morgan fingerprint density at radius 1 is 0.939 bits per heavy atom. The van der Waals surface area contributed by atoms with Gasteiger partial charge in [-0.1, -0.05) is 62.4 Å². The SMILES string of the molecule is CSc1ccnc(SC)c1NC(=O)N(Cc1ccccc1)[C@H]1CC[C@@H](C2CCCCC2)CC1. The molecule has 4 nitrogen and oxygen atoms in total. The van der Waals surface area contributed by atoms with E-state index in [-0.39, 0.29) is 12.1 Å². The van der Waals surface area contributed by atoms with Crippen molar-refractivity contribution in [2.24, 2.45) is 11.8 Å². The molecule has 0 spiro atoms. The van der Waals surface area contributed by atoms with Crippen molar-refractivity contribution in [3.05, 3.63) is 48.2 Å². The molecule has 2 amide bonds. The quantitative estimate of drug-likeness (QED) is 0.410. The van der Waals surface area contributed by atoms with Gasteiger partial charge in [0.05, 0.1) is 5.69 Å². The number of pyridine rings is 1. The number of hydrogen-bond acceptors (Lipinski definition) is 4. The van der Waals surface area contributed by atoms with Crippen LogP contribution in [0.3, 0.4) is 0 Å². The normalized spacial score (nSPS) is 21.5. The fourth-order valence-corrected chi connectivity index (χ4v) is 6.83. The van der Waals surface area contributed by atoms with Crippen LogP contribution in [-0.2, 0) is 6.54 Å². The Morgan fingerprint density at radius 2 is 1.64 bits per heavy atom. The third kappa shape index (κ3) is 6.27. The standard InChI is InChI=1S/C27H37N3OS2/c1-32-24-17-18-28-26(33-2)25(24)29-27(31)30(19-20-9-5-3-6-10-20)23-15-13-22(14-16-23)21-11-7-4-8-12-21/h3,5-6,9-10,17-18,21-23H,4,7-8,11-16,19H2,1-2H3,(H,29,31)/t22-,23+. The number of urea groups is 1. The molecular formula is C27H37N3OS2. The first-order valence-corrected chi connectivity index (χ1v) is 14.8. The molecular weight excluding hydrogens is 446 g/mol. The van der Waals surface area contributed by atoms with E-state index in [2.05, 4.69) is 39.5 Å². The highest BCUT2D eigenvalue weighted by atomic mass is 32.2. The van der Waals surface area contributed by atoms with E-state index in [1.807, 2.05) is 30.8 Å². The third-order valence-corrected chi connectivity index (χ3v) is 8.95. The highest BCUT2D eigenvalue weighted by Gasteiger charge is 2.33. The van der Waals surface area contributed by atoms with Gasteiger partial charge in [-0.25, -0.2) is 9.78 Å². The number of carbonyl (C=O) groups is 1. The minimum absolute atomic E-state index is 0.00132. The maximum absolute atomic E-state index is 13.7.